The Hall–Kier alpha value is 0.0247. The molecule has 1 heteroatoms. The van der Waals surface area contributed by atoms with Gasteiger partial charge in [-0.15, -0.1) is 0 Å². The Bertz CT molecular complexity index is 405. The molecule has 0 fully saturated rings. The maximum Gasteiger partial charge on any atom is 0 e. The molecule has 0 aliphatic heterocycles. The van der Waals surface area contributed by atoms with Crippen LogP contribution in [0.2, 0.25) is 0 Å². The van der Waals surface area contributed by atoms with E-state index < -0.39 is 0 Å². The summed E-state index contributed by atoms with van der Waals surface area (Å²) < 4.78 is 0. The van der Waals surface area contributed by atoms with Gasteiger partial charge in [0, 0.05) is 39.9 Å². The predicted molar refractivity (Wildman–Crippen MR) is 104 cm³/mol. The summed E-state index contributed by atoms with van der Waals surface area (Å²) in [5.74, 6) is 0. The van der Waals surface area contributed by atoms with Gasteiger partial charge in [0.2, 0.25) is 0 Å². The monoisotopic (exact) mass is 532 g/mol. The normalized spacial score (nSPS) is 9.13. The molecule has 0 unspecified atom stereocenters. The molecular formula is C22H36Th-4. The second-order valence-corrected chi connectivity index (χ2v) is 6.25. The quantitative estimate of drug-likeness (QED) is 0.328. The van der Waals surface area contributed by atoms with Gasteiger partial charge in [0.1, 0.15) is 0 Å². The summed E-state index contributed by atoms with van der Waals surface area (Å²) in [5, 5.41) is 0. The summed E-state index contributed by atoms with van der Waals surface area (Å²) in [6.45, 7) is 22.0. The zero-order valence-corrected chi connectivity index (χ0v) is 21.6. The first-order valence-electron chi connectivity index (χ1n) is 7.50. The van der Waals surface area contributed by atoms with Crippen LogP contribution in [0.4, 0.5) is 0 Å². The Balaban J connectivity index is -0.000000308. The third-order valence-corrected chi connectivity index (χ3v) is 5.62. The van der Waals surface area contributed by atoms with Crippen LogP contribution in [0.15, 0.2) is 0 Å². The molecule has 0 bridgehead atoms. The minimum atomic E-state index is 0. The van der Waals surface area contributed by atoms with E-state index in [1.807, 2.05) is 0 Å². The Labute approximate surface area is 178 Å². The van der Waals surface area contributed by atoms with Gasteiger partial charge in [-0.3, -0.25) is 0 Å². The Morgan fingerprint density at radius 2 is 0.565 bits per heavy atom. The molecule has 0 saturated carbocycles. The minimum absolute atomic E-state index is 0. The molecule has 0 nitrogen and oxygen atoms in total. The van der Waals surface area contributed by atoms with Gasteiger partial charge in [0.05, 0.1) is 0 Å². The molecule has 23 heavy (non-hydrogen) atoms. The van der Waals surface area contributed by atoms with Crippen LogP contribution < -0.4 is 0 Å². The van der Waals surface area contributed by atoms with E-state index in [9.17, 15) is 0 Å². The van der Waals surface area contributed by atoms with Crippen LogP contribution in [0.25, 0.3) is 0 Å². The van der Waals surface area contributed by atoms with Crippen LogP contribution in [0.1, 0.15) is 55.6 Å². The van der Waals surface area contributed by atoms with E-state index in [0.717, 1.165) is 0 Å². The second kappa shape index (κ2) is 10.8. The fourth-order valence-corrected chi connectivity index (χ4v) is 2.81. The first-order valence-corrected chi connectivity index (χ1v) is 7.50. The first-order chi connectivity index (χ1) is 9.11. The third kappa shape index (κ3) is 5.51. The molecule has 0 N–H and O–H groups in total. The fraction of sp³-hybridized carbons (Fsp3) is 0.455. The maximum absolute atomic E-state index is 2.20. The Morgan fingerprint density at radius 1 is 0.435 bits per heavy atom. The number of rotatable bonds is 0. The third-order valence-electron chi connectivity index (χ3n) is 5.62. The zero-order valence-electron chi connectivity index (χ0n) is 17.5. The topological polar surface area (TPSA) is 0 Å². The molecule has 2 rings (SSSR count). The molecule has 2 aromatic rings. The van der Waals surface area contributed by atoms with E-state index in [4.69, 9.17) is 0 Å². The summed E-state index contributed by atoms with van der Waals surface area (Å²) in [5.41, 5.74) is 14.7. The van der Waals surface area contributed by atoms with E-state index in [1.165, 1.54) is 55.6 Å². The molecule has 0 atom stereocenters. The van der Waals surface area contributed by atoms with Crippen molar-refractivity contribution < 1.29 is 39.9 Å². The summed E-state index contributed by atoms with van der Waals surface area (Å²) in [6, 6.07) is 0. The predicted octanol–water partition coefficient (Wildman–Crippen LogP) is 6.80. The van der Waals surface area contributed by atoms with Crippen LogP contribution in [0, 0.1) is 124 Å². The second-order valence-electron chi connectivity index (χ2n) is 6.25. The number of hydrogen-bond donors (Lipinski definition) is 0. The molecule has 0 saturated heterocycles. The summed E-state index contributed by atoms with van der Waals surface area (Å²) in [4.78, 5) is 0. The molecule has 0 amide bonds. The molecular weight excluding hydrogens is 496 g/mol. The molecule has 2 aromatic carbocycles. The molecule has 0 aliphatic carbocycles. The van der Waals surface area contributed by atoms with E-state index >= 15 is 0 Å². The molecule has 0 heterocycles. The van der Waals surface area contributed by atoms with Crippen molar-refractivity contribution in [2.24, 2.45) is 0 Å². The van der Waals surface area contributed by atoms with Crippen LogP contribution in [-0.2, 0) is 0 Å². The van der Waals surface area contributed by atoms with Crippen molar-refractivity contribution in [3.8, 4) is 0 Å². The van der Waals surface area contributed by atoms with Crippen molar-refractivity contribution in [1.29, 1.82) is 0 Å². The molecule has 0 spiro atoms. The molecule has 0 aromatic heterocycles. The van der Waals surface area contributed by atoms with Crippen LogP contribution in [-0.4, -0.2) is 0 Å². The zero-order chi connectivity index (χ0) is 15.8. The average Bonchev–Trinajstić information content (AvgIpc) is 2.71. The smallest absolute Gasteiger partial charge is 0 e. The summed E-state index contributed by atoms with van der Waals surface area (Å²) in [6.07, 6.45) is 0. The van der Waals surface area contributed by atoms with Crippen molar-refractivity contribution in [3.63, 3.8) is 0 Å². The minimum Gasteiger partial charge on any atom is -0.358 e. The van der Waals surface area contributed by atoms with Crippen LogP contribution in [0.5, 0.6) is 0 Å². The fourth-order valence-electron chi connectivity index (χ4n) is 2.81. The summed E-state index contributed by atoms with van der Waals surface area (Å²) in [7, 11) is 0. The van der Waals surface area contributed by atoms with Crippen LogP contribution >= 0.6 is 0 Å². The number of hydrogen-bond acceptors (Lipinski definition) is 0. The maximum atomic E-state index is 2.20. The molecule has 0 radical (unpaired) electrons. The van der Waals surface area contributed by atoms with Gasteiger partial charge in [-0.1, -0.05) is 69.2 Å². The Morgan fingerprint density at radius 3 is 0.609 bits per heavy atom. The van der Waals surface area contributed by atoms with Gasteiger partial charge < -0.3 is 14.9 Å². The van der Waals surface area contributed by atoms with Gasteiger partial charge in [0.25, 0.3) is 0 Å². The van der Waals surface area contributed by atoms with E-state index in [-0.39, 0.29) is 54.8 Å². The van der Waals surface area contributed by atoms with Crippen molar-refractivity contribution in [2.45, 2.75) is 69.2 Å². The van der Waals surface area contributed by atoms with Gasteiger partial charge in [-0.25, -0.2) is 0 Å². The van der Waals surface area contributed by atoms with Crippen molar-refractivity contribution in [3.05, 3.63) is 70.5 Å². The van der Waals surface area contributed by atoms with Crippen molar-refractivity contribution in [2.75, 3.05) is 0 Å². The van der Waals surface area contributed by atoms with Gasteiger partial charge in [0.15, 0.2) is 0 Å². The van der Waals surface area contributed by atoms with Gasteiger partial charge >= 0.3 is 0 Å². The average molecular weight is 533 g/mol. The van der Waals surface area contributed by atoms with E-state index in [1.54, 1.807) is 0 Å². The van der Waals surface area contributed by atoms with Gasteiger partial charge in [-0.05, 0) is 0 Å². The molecule has 0 aliphatic rings. The van der Waals surface area contributed by atoms with Crippen molar-refractivity contribution >= 4 is 0 Å². The summed E-state index contributed by atoms with van der Waals surface area (Å²) >= 11 is 0. The Kier molecular flexibility index (Phi) is 13.1. The van der Waals surface area contributed by atoms with Crippen LogP contribution in [0.3, 0.4) is 0 Å². The SMILES string of the molecule is Cc1c(C)c(C)[c-](C)c1C.Cc1c(C)c(C)[c-](C)c1C.[CH3-].[CH3-].[Th]. The van der Waals surface area contributed by atoms with Gasteiger partial charge in [-0.2, -0.15) is 55.6 Å². The van der Waals surface area contributed by atoms with E-state index in [2.05, 4.69) is 69.2 Å². The first kappa shape index (κ1) is 27.9. The standard InChI is InChI=1S/2C10H15.2CH3.Th/c2*1-6-7(2)9(4)10(5)8(6)3;;;/h2*1-5H3;2*1H3;/q4*-1;. The van der Waals surface area contributed by atoms with Crippen molar-refractivity contribution in [1.82, 2.24) is 0 Å². The molecule has 132 valence electrons. The van der Waals surface area contributed by atoms with E-state index in [0.29, 0.717) is 0 Å². The largest absolute Gasteiger partial charge is 0.358 e.